The number of nitrogens with zero attached hydrogens (tertiary/aromatic N) is 4. The molecule has 4 N–H and O–H groups in total. The maximum absolute atomic E-state index is 13.1. The number of aromatic nitrogens is 5. The number of anilines is 2. The summed E-state index contributed by atoms with van der Waals surface area (Å²) >= 11 is 2.77. The van der Waals surface area contributed by atoms with Crippen LogP contribution in [0.5, 0.6) is 0 Å². The van der Waals surface area contributed by atoms with Gasteiger partial charge in [-0.3, -0.25) is 24.2 Å². The molecular formula is C20H27N7O4S2. The van der Waals surface area contributed by atoms with Gasteiger partial charge in [-0.2, -0.15) is 0 Å². The molecule has 3 rings (SSSR count). The van der Waals surface area contributed by atoms with Crippen molar-refractivity contribution in [3.63, 3.8) is 0 Å². The topological polar surface area (TPSA) is 152 Å². The first kappa shape index (κ1) is 24.7. The number of hydrogen-bond donors (Lipinski definition) is 3. The summed E-state index contributed by atoms with van der Waals surface area (Å²) < 4.78 is 6.38. The molecule has 3 aromatic heterocycles. The number of ether oxygens (including phenoxy) is 1. The van der Waals surface area contributed by atoms with Crippen LogP contribution in [-0.4, -0.2) is 56.7 Å². The highest BCUT2D eigenvalue weighted by Gasteiger charge is 2.25. The van der Waals surface area contributed by atoms with E-state index in [-0.39, 0.29) is 42.2 Å². The Morgan fingerprint density at radius 1 is 1.39 bits per heavy atom. The first-order valence-corrected chi connectivity index (χ1v) is 12.1. The van der Waals surface area contributed by atoms with Gasteiger partial charge in [-0.1, -0.05) is 31.7 Å². The minimum absolute atomic E-state index is 0.0256. The van der Waals surface area contributed by atoms with Gasteiger partial charge in [0.25, 0.3) is 5.56 Å². The van der Waals surface area contributed by atoms with Crippen molar-refractivity contribution in [1.82, 2.24) is 24.7 Å². The van der Waals surface area contributed by atoms with Gasteiger partial charge in [0.2, 0.25) is 11.1 Å². The highest BCUT2D eigenvalue weighted by atomic mass is 32.2. The van der Waals surface area contributed by atoms with Crippen LogP contribution in [0, 0.1) is 5.92 Å². The number of thiophene rings is 1. The number of nitrogen functional groups attached to an aromatic ring is 1. The average Bonchev–Trinajstić information content (AvgIpc) is 3.44. The molecule has 178 valence electrons. The SMILES string of the molecule is COCCN(C(=O)CSc1n[nH]c(Cc2cccs2)n1)c1c(N)n(CC(C)C)c(=O)[nH]c1=O. The zero-order valence-corrected chi connectivity index (χ0v) is 20.3. The Kier molecular flexibility index (Phi) is 8.47. The number of nitrogens with two attached hydrogens (primary N) is 1. The first-order chi connectivity index (χ1) is 15.8. The van der Waals surface area contributed by atoms with Crippen molar-refractivity contribution in [3.8, 4) is 0 Å². The fraction of sp³-hybridized carbons (Fsp3) is 0.450. The summed E-state index contributed by atoms with van der Waals surface area (Å²) in [6.45, 7) is 4.43. The van der Waals surface area contributed by atoms with Crippen LogP contribution in [0.15, 0.2) is 32.3 Å². The van der Waals surface area contributed by atoms with E-state index in [2.05, 4.69) is 20.2 Å². The maximum atomic E-state index is 13.1. The zero-order chi connectivity index (χ0) is 24.0. The van der Waals surface area contributed by atoms with Gasteiger partial charge in [-0.15, -0.1) is 16.4 Å². The van der Waals surface area contributed by atoms with Gasteiger partial charge in [-0.05, 0) is 17.4 Å². The van der Waals surface area contributed by atoms with E-state index < -0.39 is 11.2 Å². The Hall–Kier alpha value is -2.90. The second-order valence-electron chi connectivity index (χ2n) is 7.65. The van der Waals surface area contributed by atoms with E-state index in [1.807, 2.05) is 31.4 Å². The number of H-pyrrole nitrogens is 2. The molecule has 1 amide bonds. The number of nitrogens with one attached hydrogen (secondary N) is 2. The monoisotopic (exact) mass is 493 g/mol. The number of carbonyl (C=O) groups is 1. The molecule has 0 aromatic carbocycles. The number of methoxy groups -OCH3 is 1. The summed E-state index contributed by atoms with van der Waals surface area (Å²) in [7, 11) is 1.49. The molecule has 33 heavy (non-hydrogen) atoms. The predicted octanol–water partition coefficient (Wildman–Crippen LogP) is 1.32. The Balaban J connectivity index is 1.79. The standard InChI is InChI=1S/C20H27N7O4S2/c1-12(2)10-27-17(21)16(18(29)23-20(27)30)26(6-7-31-3)15(28)11-33-19-22-14(24-25-19)9-13-5-4-8-32-13/h4-5,8,12H,6-7,9-11,21H2,1-3H3,(H,22,24,25)(H,23,29,30). The number of amides is 1. The average molecular weight is 494 g/mol. The summed E-state index contributed by atoms with van der Waals surface area (Å²) in [5.74, 6) is 0.348. The highest BCUT2D eigenvalue weighted by molar-refractivity contribution is 7.99. The largest absolute Gasteiger partial charge is 0.383 e. The number of rotatable bonds is 11. The van der Waals surface area contributed by atoms with E-state index in [0.29, 0.717) is 23.9 Å². The van der Waals surface area contributed by atoms with Crippen molar-refractivity contribution >= 4 is 40.5 Å². The lowest BCUT2D eigenvalue weighted by Gasteiger charge is -2.24. The maximum Gasteiger partial charge on any atom is 0.330 e. The van der Waals surface area contributed by atoms with Crippen molar-refractivity contribution in [2.75, 3.05) is 36.6 Å². The number of hydrogen-bond acceptors (Lipinski definition) is 9. The minimum Gasteiger partial charge on any atom is -0.383 e. The molecule has 3 heterocycles. The summed E-state index contributed by atoms with van der Waals surface area (Å²) in [6, 6.07) is 3.98. The summed E-state index contributed by atoms with van der Waals surface area (Å²) in [4.78, 5) is 47.1. The second-order valence-corrected chi connectivity index (χ2v) is 9.62. The third-order valence-electron chi connectivity index (χ3n) is 4.61. The molecule has 0 bridgehead atoms. The molecule has 3 aromatic rings. The van der Waals surface area contributed by atoms with Gasteiger partial charge >= 0.3 is 5.69 Å². The minimum atomic E-state index is -0.719. The third-order valence-corrected chi connectivity index (χ3v) is 6.32. The third kappa shape index (κ3) is 6.33. The van der Waals surface area contributed by atoms with Gasteiger partial charge in [0.15, 0.2) is 5.69 Å². The molecular weight excluding hydrogens is 466 g/mol. The summed E-state index contributed by atoms with van der Waals surface area (Å²) in [6.07, 6.45) is 0.627. The quantitative estimate of drug-likeness (QED) is 0.338. The second kappa shape index (κ2) is 11.3. The zero-order valence-electron chi connectivity index (χ0n) is 18.7. The van der Waals surface area contributed by atoms with Crippen molar-refractivity contribution < 1.29 is 9.53 Å². The van der Waals surface area contributed by atoms with E-state index in [0.717, 1.165) is 16.6 Å². The molecule has 0 aliphatic heterocycles. The Labute approximate surface area is 198 Å². The fourth-order valence-electron chi connectivity index (χ4n) is 3.13. The van der Waals surface area contributed by atoms with Crippen molar-refractivity contribution in [3.05, 3.63) is 49.1 Å². The van der Waals surface area contributed by atoms with Crippen LogP contribution >= 0.6 is 23.1 Å². The molecule has 0 saturated heterocycles. The van der Waals surface area contributed by atoms with Crippen LogP contribution in [0.25, 0.3) is 0 Å². The van der Waals surface area contributed by atoms with E-state index in [9.17, 15) is 14.4 Å². The van der Waals surface area contributed by atoms with Crippen LogP contribution in [0.4, 0.5) is 11.5 Å². The lowest BCUT2D eigenvalue weighted by Crippen LogP contribution is -2.43. The van der Waals surface area contributed by atoms with Gasteiger partial charge in [0, 0.05) is 31.5 Å². The lowest BCUT2D eigenvalue weighted by atomic mass is 10.2. The Bertz CT molecular complexity index is 1180. The predicted molar refractivity (Wildman–Crippen MR) is 129 cm³/mol. The number of thioether (sulfide) groups is 1. The molecule has 0 saturated carbocycles. The smallest absolute Gasteiger partial charge is 0.330 e. The molecule has 0 fully saturated rings. The molecule has 11 nitrogen and oxygen atoms in total. The highest BCUT2D eigenvalue weighted by Crippen LogP contribution is 2.21. The fourth-order valence-corrected chi connectivity index (χ4v) is 4.53. The van der Waals surface area contributed by atoms with Crippen molar-refractivity contribution in [2.24, 2.45) is 5.92 Å². The van der Waals surface area contributed by atoms with Crippen LogP contribution in [0.3, 0.4) is 0 Å². The molecule has 0 aliphatic rings. The number of aromatic amines is 2. The normalized spacial score (nSPS) is 11.3. The van der Waals surface area contributed by atoms with Crippen LogP contribution < -0.4 is 21.9 Å². The van der Waals surface area contributed by atoms with Crippen LogP contribution in [0.1, 0.15) is 24.5 Å². The first-order valence-electron chi connectivity index (χ1n) is 10.3. The molecule has 0 aliphatic carbocycles. The van der Waals surface area contributed by atoms with E-state index in [1.54, 1.807) is 11.3 Å². The van der Waals surface area contributed by atoms with Gasteiger partial charge in [0.1, 0.15) is 11.6 Å². The van der Waals surface area contributed by atoms with Crippen molar-refractivity contribution in [2.45, 2.75) is 32.0 Å². The summed E-state index contributed by atoms with van der Waals surface area (Å²) in [5.41, 5.74) is 4.80. The van der Waals surface area contributed by atoms with E-state index in [1.165, 1.54) is 16.6 Å². The molecule has 0 spiro atoms. The van der Waals surface area contributed by atoms with Gasteiger partial charge in [-0.25, -0.2) is 9.78 Å². The Morgan fingerprint density at radius 3 is 2.85 bits per heavy atom. The Morgan fingerprint density at radius 2 is 2.18 bits per heavy atom. The van der Waals surface area contributed by atoms with Crippen molar-refractivity contribution in [1.29, 1.82) is 0 Å². The number of carbonyl (C=O) groups excluding carboxylic acids is 1. The van der Waals surface area contributed by atoms with Crippen LogP contribution in [-0.2, 0) is 22.5 Å². The van der Waals surface area contributed by atoms with E-state index in [4.69, 9.17) is 10.5 Å². The molecule has 13 heteroatoms. The lowest BCUT2D eigenvalue weighted by molar-refractivity contribution is -0.116. The molecule has 0 unspecified atom stereocenters. The molecule has 0 atom stereocenters. The van der Waals surface area contributed by atoms with Crippen LogP contribution in [0.2, 0.25) is 0 Å². The van der Waals surface area contributed by atoms with Gasteiger partial charge in [0.05, 0.1) is 12.4 Å². The summed E-state index contributed by atoms with van der Waals surface area (Å²) in [5, 5.41) is 9.45. The molecule has 0 radical (unpaired) electrons. The van der Waals surface area contributed by atoms with Gasteiger partial charge < -0.3 is 15.4 Å². The van der Waals surface area contributed by atoms with E-state index >= 15 is 0 Å².